The molecule has 0 saturated heterocycles. The second kappa shape index (κ2) is 6.39. The molecule has 90 valence electrons. The summed E-state index contributed by atoms with van der Waals surface area (Å²) in [4.78, 5) is 33.9. The molecule has 5 nitrogen and oxygen atoms in total. The first-order valence-electron chi connectivity index (χ1n) is 4.47. The predicted molar refractivity (Wildman–Crippen MR) is 62.6 cm³/mol. The van der Waals surface area contributed by atoms with Gasteiger partial charge in [0.05, 0.1) is 12.1 Å². The van der Waals surface area contributed by atoms with Gasteiger partial charge in [-0.25, -0.2) is 4.79 Å². The van der Waals surface area contributed by atoms with E-state index >= 15 is 0 Å². The molecule has 0 fully saturated rings. The number of Topliss-reactive ketones (excluding diaryl/α,β-unsaturated/α-hetero) is 1. The molecule has 1 aromatic carbocycles. The van der Waals surface area contributed by atoms with Crippen LogP contribution in [0.1, 0.15) is 10.4 Å². The number of carbonyl (C=O) groups is 3. The maximum absolute atomic E-state index is 11.4. The standard InChI is InChI=1S/C10H8ClNO4S/c11-16-9(14)6-3-1-2-4-8(6)17-10(15)7(13)5-12/h1-4H,5,12H2. The van der Waals surface area contributed by atoms with Crippen LogP contribution in [0.5, 0.6) is 0 Å². The summed E-state index contributed by atoms with van der Waals surface area (Å²) in [6.45, 7) is -0.367. The van der Waals surface area contributed by atoms with Gasteiger partial charge in [0.1, 0.15) is 11.9 Å². The molecular weight excluding hydrogens is 266 g/mol. The lowest BCUT2D eigenvalue weighted by molar-refractivity contribution is -0.130. The van der Waals surface area contributed by atoms with Crippen molar-refractivity contribution in [2.45, 2.75) is 4.90 Å². The van der Waals surface area contributed by atoms with Crippen LogP contribution < -0.4 is 5.73 Å². The van der Waals surface area contributed by atoms with E-state index in [0.29, 0.717) is 16.7 Å². The number of thioether (sulfide) groups is 1. The molecule has 0 aliphatic heterocycles. The molecule has 0 aliphatic rings. The van der Waals surface area contributed by atoms with E-state index in [-0.39, 0.29) is 12.1 Å². The Bertz CT molecular complexity index is 463. The molecular formula is C10H8ClNO4S. The normalized spacial score (nSPS) is 9.76. The SMILES string of the molecule is NCC(=O)C(=O)Sc1ccccc1C(=O)OCl. The lowest BCUT2D eigenvalue weighted by Gasteiger charge is -2.04. The summed E-state index contributed by atoms with van der Waals surface area (Å²) in [5.41, 5.74) is 5.17. The number of halogens is 1. The summed E-state index contributed by atoms with van der Waals surface area (Å²) in [6.07, 6.45) is 0. The zero-order chi connectivity index (χ0) is 12.8. The molecule has 0 heterocycles. The third-order valence-corrected chi connectivity index (χ3v) is 2.92. The number of nitrogens with two attached hydrogens (primary N) is 1. The highest BCUT2D eigenvalue weighted by atomic mass is 35.5. The molecule has 0 unspecified atom stereocenters. The van der Waals surface area contributed by atoms with Crippen molar-refractivity contribution in [3.05, 3.63) is 29.8 Å². The van der Waals surface area contributed by atoms with Gasteiger partial charge in [0.25, 0.3) is 5.12 Å². The van der Waals surface area contributed by atoms with Crippen LogP contribution in [0.3, 0.4) is 0 Å². The van der Waals surface area contributed by atoms with Crippen molar-refractivity contribution in [1.29, 1.82) is 0 Å². The quantitative estimate of drug-likeness (QED) is 0.654. The first kappa shape index (κ1) is 13.7. The van der Waals surface area contributed by atoms with Gasteiger partial charge < -0.3 is 10.0 Å². The van der Waals surface area contributed by atoms with Crippen molar-refractivity contribution in [1.82, 2.24) is 0 Å². The molecule has 0 aliphatic carbocycles. The number of rotatable bonds is 4. The molecule has 17 heavy (non-hydrogen) atoms. The van der Waals surface area contributed by atoms with E-state index in [1.807, 2.05) is 0 Å². The van der Waals surface area contributed by atoms with Gasteiger partial charge in [-0.05, 0) is 23.9 Å². The summed E-state index contributed by atoms with van der Waals surface area (Å²) < 4.78 is 4.04. The summed E-state index contributed by atoms with van der Waals surface area (Å²) in [7, 11) is 0. The van der Waals surface area contributed by atoms with E-state index in [4.69, 9.17) is 17.6 Å². The van der Waals surface area contributed by atoms with Gasteiger partial charge >= 0.3 is 5.97 Å². The van der Waals surface area contributed by atoms with Crippen LogP contribution in [0.2, 0.25) is 0 Å². The third kappa shape index (κ3) is 3.55. The van der Waals surface area contributed by atoms with E-state index in [1.165, 1.54) is 12.1 Å². The minimum atomic E-state index is -0.789. The molecule has 0 radical (unpaired) electrons. The second-order valence-electron chi connectivity index (χ2n) is 2.88. The smallest absolute Gasteiger partial charge is 0.343 e. The van der Waals surface area contributed by atoms with Crippen molar-refractivity contribution in [2.75, 3.05) is 6.54 Å². The molecule has 0 saturated carbocycles. The molecule has 0 aromatic heterocycles. The second-order valence-corrected chi connectivity index (χ2v) is 4.05. The monoisotopic (exact) mass is 273 g/mol. The summed E-state index contributed by atoms with van der Waals surface area (Å²) in [5.74, 6) is -1.51. The maximum Gasteiger partial charge on any atom is 0.357 e. The Labute approximate surface area is 106 Å². The van der Waals surface area contributed by atoms with E-state index in [2.05, 4.69) is 4.29 Å². The lowest BCUT2D eigenvalue weighted by atomic mass is 10.2. The highest BCUT2D eigenvalue weighted by Crippen LogP contribution is 2.24. The molecule has 0 bridgehead atoms. The Morgan fingerprint density at radius 2 is 1.94 bits per heavy atom. The molecule has 1 aromatic rings. The number of hydrogen-bond acceptors (Lipinski definition) is 6. The zero-order valence-electron chi connectivity index (χ0n) is 8.51. The van der Waals surface area contributed by atoms with Gasteiger partial charge in [-0.2, -0.15) is 0 Å². The van der Waals surface area contributed by atoms with Gasteiger partial charge in [-0.3, -0.25) is 9.59 Å². The van der Waals surface area contributed by atoms with Crippen LogP contribution in [0.4, 0.5) is 0 Å². The molecule has 0 spiro atoms. The predicted octanol–water partition coefficient (Wildman–Crippen LogP) is 1.14. The van der Waals surface area contributed by atoms with E-state index < -0.39 is 16.9 Å². The molecule has 7 heteroatoms. The number of carbonyl (C=O) groups excluding carboxylic acids is 3. The molecule has 0 atom stereocenters. The Morgan fingerprint density at radius 3 is 2.53 bits per heavy atom. The fourth-order valence-electron chi connectivity index (χ4n) is 1.01. The van der Waals surface area contributed by atoms with Gasteiger partial charge in [0.2, 0.25) is 5.78 Å². The summed E-state index contributed by atoms with van der Waals surface area (Å²) in [6, 6.07) is 6.15. The van der Waals surface area contributed by atoms with Gasteiger partial charge in [-0.1, -0.05) is 12.1 Å². The fourth-order valence-corrected chi connectivity index (χ4v) is 1.89. The number of ketones is 1. The van der Waals surface area contributed by atoms with Gasteiger partial charge in [-0.15, -0.1) is 0 Å². The van der Waals surface area contributed by atoms with Crippen molar-refractivity contribution < 1.29 is 18.7 Å². The van der Waals surface area contributed by atoms with Crippen LogP contribution in [0, 0.1) is 0 Å². The topological polar surface area (TPSA) is 86.5 Å². The summed E-state index contributed by atoms with van der Waals surface area (Å²) >= 11 is 5.57. The fraction of sp³-hybridized carbons (Fsp3) is 0.100. The van der Waals surface area contributed by atoms with Crippen molar-refractivity contribution in [3.63, 3.8) is 0 Å². The van der Waals surface area contributed by atoms with Crippen LogP contribution >= 0.6 is 23.6 Å². The van der Waals surface area contributed by atoms with Gasteiger partial charge in [0, 0.05) is 4.90 Å². The Morgan fingerprint density at radius 1 is 1.29 bits per heavy atom. The highest BCUT2D eigenvalue weighted by Gasteiger charge is 2.18. The maximum atomic E-state index is 11.4. The number of hydrogen-bond donors (Lipinski definition) is 1. The van der Waals surface area contributed by atoms with Crippen molar-refractivity contribution in [3.8, 4) is 0 Å². The molecule has 1 rings (SSSR count). The Kier molecular flexibility index (Phi) is 5.14. The average Bonchev–Trinajstić information content (AvgIpc) is 2.37. The molecule has 2 N–H and O–H groups in total. The van der Waals surface area contributed by atoms with Crippen LogP contribution in [0.25, 0.3) is 0 Å². The molecule has 0 amide bonds. The summed E-state index contributed by atoms with van der Waals surface area (Å²) in [5, 5.41) is -0.734. The Balaban J connectivity index is 2.95. The van der Waals surface area contributed by atoms with Crippen molar-refractivity contribution in [2.24, 2.45) is 5.73 Å². The van der Waals surface area contributed by atoms with Crippen LogP contribution in [-0.4, -0.2) is 23.4 Å². The third-order valence-electron chi connectivity index (χ3n) is 1.79. The van der Waals surface area contributed by atoms with Crippen molar-refractivity contribution >= 4 is 40.5 Å². The van der Waals surface area contributed by atoms with Gasteiger partial charge in [0.15, 0.2) is 0 Å². The van der Waals surface area contributed by atoms with Crippen LogP contribution in [-0.2, 0) is 13.9 Å². The first-order chi connectivity index (χ1) is 8.10. The Hall–Kier alpha value is -1.37. The van der Waals surface area contributed by atoms with E-state index in [0.717, 1.165) is 0 Å². The minimum Gasteiger partial charge on any atom is -0.343 e. The lowest BCUT2D eigenvalue weighted by Crippen LogP contribution is -2.20. The van der Waals surface area contributed by atoms with E-state index in [1.54, 1.807) is 12.1 Å². The number of benzene rings is 1. The highest BCUT2D eigenvalue weighted by molar-refractivity contribution is 8.15. The first-order valence-corrected chi connectivity index (χ1v) is 5.59. The average molecular weight is 274 g/mol. The zero-order valence-corrected chi connectivity index (χ0v) is 10.1. The minimum absolute atomic E-state index is 0.116. The largest absolute Gasteiger partial charge is 0.357 e. The van der Waals surface area contributed by atoms with Crippen LogP contribution in [0.15, 0.2) is 29.2 Å². The van der Waals surface area contributed by atoms with E-state index in [9.17, 15) is 14.4 Å².